The van der Waals surface area contributed by atoms with Crippen LogP contribution < -0.4 is 19.3 Å². The van der Waals surface area contributed by atoms with Gasteiger partial charge in [0.05, 0.1) is 22.7 Å². The van der Waals surface area contributed by atoms with Crippen LogP contribution in [0.15, 0.2) is 164 Å². The summed E-state index contributed by atoms with van der Waals surface area (Å²) in [6.45, 7) is 0. The van der Waals surface area contributed by atoms with Gasteiger partial charge in [0.25, 0.3) is 0 Å². The van der Waals surface area contributed by atoms with Crippen molar-refractivity contribution in [2.75, 3.05) is 9.80 Å². The van der Waals surface area contributed by atoms with Crippen molar-refractivity contribution in [2.45, 2.75) is 0 Å². The van der Waals surface area contributed by atoms with E-state index in [1.54, 1.807) is 42.5 Å². The first-order valence-corrected chi connectivity index (χ1v) is 16.2. The number of para-hydroxylation sites is 8. The SMILES string of the molecule is O=C(c1ccc(N2c3ccccc3Oc3ccccc32)cc1)c1cccc(C(=O)c2ccc(N3c4ccccc4Oc4ccccc43)cc2)n1. The molecule has 7 nitrogen and oxygen atoms in total. The lowest BCUT2D eigenvalue weighted by molar-refractivity contribution is 0.103. The number of carbonyl (C=O) groups is 2. The van der Waals surface area contributed by atoms with Crippen LogP contribution in [0.2, 0.25) is 0 Å². The minimum atomic E-state index is -0.269. The van der Waals surface area contributed by atoms with Gasteiger partial charge in [-0.2, -0.15) is 0 Å². The van der Waals surface area contributed by atoms with Gasteiger partial charge in [-0.25, -0.2) is 4.98 Å². The zero-order chi connectivity index (χ0) is 33.6. The Morgan fingerprint density at radius 1 is 0.380 bits per heavy atom. The topological polar surface area (TPSA) is 72.0 Å². The third kappa shape index (κ3) is 4.96. The van der Waals surface area contributed by atoms with Gasteiger partial charge in [0.15, 0.2) is 23.0 Å². The van der Waals surface area contributed by atoms with Crippen molar-refractivity contribution >= 4 is 45.7 Å². The molecule has 0 unspecified atom stereocenters. The van der Waals surface area contributed by atoms with Gasteiger partial charge in [-0.3, -0.25) is 9.59 Å². The number of pyridine rings is 1. The van der Waals surface area contributed by atoms with Crippen molar-refractivity contribution in [3.05, 3.63) is 186 Å². The molecule has 7 heteroatoms. The Kier molecular flexibility index (Phi) is 6.95. The highest BCUT2D eigenvalue weighted by molar-refractivity contribution is 6.11. The third-order valence-electron chi connectivity index (χ3n) is 8.85. The Balaban J connectivity index is 0.969. The van der Waals surface area contributed by atoms with Gasteiger partial charge in [-0.15, -0.1) is 0 Å². The van der Waals surface area contributed by atoms with Gasteiger partial charge in [0.2, 0.25) is 11.6 Å². The van der Waals surface area contributed by atoms with Crippen LogP contribution in [0.1, 0.15) is 32.1 Å². The van der Waals surface area contributed by atoms with Crippen molar-refractivity contribution in [1.29, 1.82) is 0 Å². The second kappa shape index (κ2) is 11.9. The average molecular weight is 650 g/mol. The summed E-state index contributed by atoms with van der Waals surface area (Å²) in [7, 11) is 0. The number of nitrogens with zero attached hydrogens (tertiary/aromatic N) is 3. The molecule has 9 rings (SSSR count). The van der Waals surface area contributed by atoms with E-state index in [2.05, 4.69) is 14.8 Å². The monoisotopic (exact) mass is 649 g/mol. The highest BCUT2D eigenvalue weighted by Gasteiger charge is 2.27. The van der Waals surface area contributed by atoms with Crippen LogP contribution in [-0.4, -0.2) is 16.6 Å². The molecule has 3 heterocycles. The number of fused-ring (bicyclic) bond motifs is 4. The molecule has 0 saturated heterocycles. The van der Waals surface area contributed by atoms with Crippen LogP contribution in [0.25, 0.3) is 0 Å². The van der Waals surface area contributed by atoms with Crippen LogP contribution in [-0.2, 0) is 0 Å². The number of hydrogen-bond acceptors (Lipinski definition) is 7. The summed E-state index contributed by atoms with van der Waals surface area (Å²) in [4.78, 5) is 36.0. The van der Waals surface area contributed by atoms with E-state index in [0.29, 0.717) is 11.1 Å². The number of anilines is 6. The highest BCUT2D eigenvalue weighted by atomic mass is 16.5. The number of ketones is 2. The van der Waals surface area contributed by atoms with Crippen molar-refractivity contribution < 1.29 is 19.1 Å². The summed E-state index contributed by atoms with van der Waals surface area (Å²) in [6.07, 6.45) is 0. The molecule has 1 aromatic heterocycles. The minimum Gasteiger partial charge on any atom is -0.453 e. The van der Waals surface area contributed by atoms with Gasteiger partial charge < -0.3 is 19.3 Å². The number of hydrogen-bond donors (Lipinski definition) is 0. The van der Waals surface area contributed by atoms with Crippen molar-refractivity contribution in [1.82, 2.24) is 4.98 Å². The molecule has 238 valence electrons. The third-order valence-corrected chi connectivity index (χ3v) is 8.85. The van der Waals surface area contributed by atoms with E-state index in [1.165, 1.54) is 0 Å². The molecule has 50 heavy (non-hydrogen) atoms. The van der Waals surface area contributed by atoms with Crippen LogP contribution >= 0.6 is 0 Å². The lowest BCUT2D eigenvalue weighted by atomic mass is 10.0. The van der Waals surface area contributed by atoms with E-state index < -0.39 is 0 Å². The summed E-state index contributed by atoms with van der Waals surface area (Å²) in [5, 5.41) is 0. The molecular weight excluding hydrogens is 622 g/mol. The maximum absolute atomic E-state index is 13.6. The fourth-order valence-electron chi connectivity index (χ4n) is 6.47. The predicted molar refractivity (Wildman–Crippen MR) is 193 cm³/mol. The molecule has 2 aliphatic heterocycles. The minimum absolute atomic E-state index is 0.198. The quantitative estimate of drug-likeness (QED) is 0.166. The molecule has 0 bridgehead atoms. The summed E-state index contributed by atoms with van der Waals surface area (Å²) >= 11 is 0. The number of carbonyl (C=O) groups excluding carboxylic acids is 2. The van der Waals surface area contributed by atoms with Gasteiger partial charge in [0.1, 0.15) is 11.4 Å². The van der Waals surface area contributed by atoms with Gasteiger partial charge in [0, 0.05) is 22.5 Å². The molecule has 6 aromatic carbocycles. The first kappa shape index (κ1) is 29.2. The second-order valence-electron chi connectivity index (χ2n) is 11.9. The molecule has 0 radical (unpaired) electrons. The molecule has 0 atom stereocenters. The zero-order valence-electron chi connectivity index (χ0n) is 26.6. The average Bonchev–Trinajstić information content (AvgIpc) is 3.18. The first-order valence-electron chi connectivity index (χ1n) is 16.2. The van der Waals surface area contributed by atoms with E-state index >= 15 is 0 Å². The molecule has 0 N–H and O–H groups in total. The van der Waals surface area contributed by atoms with Gasteiger partial charge in [-0.1, -0.05) is 54.6 Å². The van der Waals surface area contributed by atoms with E-state index in [4.69, 9.17) is 9.47 Å². The molecule has 0 aliphatic carbocycles. The van der Waals surface area contributed by atoms with E-state index in [0.717, 1.165) is 57.1 Å². The fraction of sp³-hybridized carbons (Fsp3) is 0. The molecular formula is C43H27N3O4. The fourth-order valence-corrected chi connectivity index (χ4v) is 6.47. The zero-order valence-corrected chi connectivity index (χ0v) is 26.6. The lowest BCUT2D eigenvalue weighted by Crippen LogP contribution is -2.16. The normalized spacial score (nSPS) is 12.4. The van der Waals surface area contributed by atoms with Crippen LogP contribution in [0.3, 0.4) is 0 Å². The predicted octanol–water partition coefficient (Wildman–Crippen LogP) is 10.7. The number of benzene rings is 6. The van der Waals surface area contributed by atoms with Gasteiger partial charge >= 0.3 is 0 Å². The molecule has 0 saturated carbocycles. The van der Waals surface area contributed by atoms with Gasteiger partial charge in [-0.05, 0) is 109 Å². The van der Waals surface area contributed by atoms with Crippen LogP contribution in [0, 0.1) is 0 Å². The molecule has 0 spiro atoms. The Hall–Kier alpha value is -6.99. The summed E-state index contributed by atoms with van der Waals surface area (Å²) in [6, 6.07) is 51.2. The number of ether oxygens (including phenoxy) is 2. The number of rotatable bonds is 6. The first-order chi connectivity index (χ1) is 24.6. The standard InChI is InChI=1S/C43H27N3O4/c47-42(28-20-24-30(25-21-28)45-34-12-1-5-16-38(34)49-39-17-6-2-13-35(39)45)32-10-9-11-33(44-32)43(48)29-22-26-31(27-23-29)46-36-14-3-7-18-40(36)50-41-19-8-4-15-37(41)46/h1-27H. The van der Waals surface area contributed by atoms with Crippen LogP contribution in [0.5, 0.6) is 23.0 Å². The summed E-state index contributed by atoms with van der Waals surface area (Å²) in [5.41, 5.74) is 6.73. The van der Waals surface area contributed by atoms with E-state index in [-0.39, 0.29) is 23.0 Å². The maximum Gasteiger partial charge on any atom is 0.211 e. The molecule has 0 amide bonds. The molecule has 0 fully saturated rings. The summed E-state index contributed by atoms with van der Waals surface area (Å²) in [5.74, 6) is 2.47. The Labute approximate surface area is 288 Å². The highest BCUT2D eigenvalue weighted by Crippen LogP contribution is 2.51. The number of aromatic nitrogens is 1. The largest absolute Gasteiger partial charge is 0.453 e. The van der Waals surface area contributed by atoms with Crippen molar-refractivity contribution in [3.63, 3.8) is 0 Å². The summed E-state index contributed by atoms with van der Waals surface area (Å²) < 4.78 is 12.3. The Morgan fingerprint density at radius 2 is 0.700 bits per heavy atom. The van der Waals surface area contributed by atoms with Crippen LogP contribution in [0.4, 0.5) is 34.1 Å². The maximum atomic E-state index is 13.6. The Morgan fingerprint density at radius 3 is 1.04 bits per heavy atom. The second-order valence-corrected chi connectivity index (χ2v) is 11.9. The lowest BCUT2D eigenvalue weighted by Gasteiger charge is -2.32. The van der Waals surface area contributed by atoms with E-state index in [1.807, 2.05) is 121 Å². The van der Waals surface area contributed by atoms with Crippen molar-refractivity contribution in [2.24, 2.45) is 0 Å². The molecule has 2 aliphatic rings. The smallest absolute Gasteiger partial charge is 0.211 e. The Bertz CT molecular complexity index is 2180. The van der Waals surface area contributed by atoms with E-state index in [9.17, 15) is 9.59 Å². The van der Waals surface area contributed by atoms with Crippen molar-refractivity contribution in [3.8, 4) is 23.0 Å². The molecule has 7 aromatic rings.